The highest BCUT2D eigenvalue weighted by atomic mass is 32.1. The van der Waals surface area contributed by atoms with Crippen LogP contribution in [-0.4, -0.2) is 0 Å². The Morgan fingerprint density at radius 1 is 0.447 bits per heavy atom. The molecule has 0 radical (unpaired) electrons. The van der Waals surface area contributed by atoms with Gasteiger partial charge in [-0.25, -0.2) is 0 Å². The second kappa shape index (κ2) is 10.3. The Bertz CT molecular complexity index is 2810. The van der Waals surface area contributed by atoms with Crippen LogP contribution in [0, 0.1) is 0 Å². The van der Waals surface area contributed by atoms with E-state index < -0.39 is 0 Å². The van der Waals surface area contributed by atoms with Gasteiger partial charge < -0.3 is 9.32 Å². The van der Waals surface area contributed by atoms with E-state index in [1.54, 1.807) is 0 Å². The summed E-state index contributed by atoms with van der Waals surface area (Å²) in [4.78, 5) is 2.49. The molecule has 8 aromatic carbocycles. The molecular weight excluding hydrogens is 591 g/mol. The molecule has 0 saturated carbocycles. The minimum absolute atomic E-state index is 0.876. The fourth-order valence-electron chi connectivity index (χ4n) is 7.38. The van der Waals surface area contributed by atoms with Crippen molar-refractivity contribution in [3.8, 4) is 11.1 Å². The fourth-order valence-corrected chi connectivity index (χ4v) is 8.51. The lowest BCUT2D eigenvalue weighted by Gasteiger charge is -2.30. The highest BCUT2D eigenvalue weighted by Crippen LogP contribution is 2.52. The normalized spacial score (nSPS) is 11.8. The molecule has 0 bridgehead atoms. The Hall–Kier alpha value is -5.90. The van der Waals surface area contributed by atoms with Crippen molar-refractivity contribution in [3.05, 3.63) is 164 Å². The Labute approximate surface area is 275 Å². The summed E-state index contributed by atoms with van der Waals surface area (Å²) in [5.74, 6) is 0. The zero-order valence-electron chi connectivity index (χ0n) is 25.4. The SMILES string of the molecule is c1ccc(-c2ccc3c(oc4ccccc43)c2N(c2cc3ccccc3c3ccccc23)c2cccc3sc4ccccc4c23)cc1. The molecule has 3 heteroatoms. The van der Waals surface area contributed by atoms with Gasteiger partial charge in [-0.3, -0.25) is 0 Å². The van der Waals surface area contributed by atoms with Crippen LogP contribution in [0.3, 0.4) is 0 Å². The van der Waals surface area contributed by atoms with Gasteiger partial charge in [0.1, 0.15) is 5.58 Å². The number of fused-ring (bicyclic) bond motifs is 9. The average molecular weight is 618 g/mol. The van der Waals surface area contributed by atoms with Crippen molar-refractivity contribution in [2.45, 2.75) is 0 Å². The summed E-state index contributed by atoms with van der Waals surface area (Å²) in [6.07, 6.45) is 0. The fraction of sp³-hybridized carbons (Fsp3) is 0. The van der Waals surface area contributed by atoms with Gasteiger partial charge in [0, 0.05) is 41.9 Å². The third-order valence-electron chi connectivity index (χ3n) is 9.44. The molecule has 0 N–H and O–H groups in total. The van der Waals surface area contributed by atoms with E-state index in [9.17, 15) is 0 Å². The van der Waals surface area contributed by atoms with Crippen LogP contribution in [0.2, 0.25) is 0 Å². The van der Waals surface area contributed by atoms with Crippen LogP contribution in [0.25, 0.3) is 74.8 Å². The number of para-hydroxylation sites is 1. The molecule has 220 valence electrons. The maximum atomic E-state index is 6.91. The van der Waals surface area contributed by atoms with E-state index in [4.69, 9.17) is 4.42 Å². The third kappa shape index (κ3) is 3.97. The number of benzene rings is 8. The van der Waals surface area contributed by atoms with Crippen LogP contribution in [0.1, 0.15) is 0 Å². The van der Waals surface area contributed by atoms with Crippen LogP contribution in [0.4, 0.5) is 17.1 Å². The van der Waals surface area contributed by atoms with Gasteiger partial charge in [0.25, 0.3) is 0 Å². The summed E-state index contributed by atoms with van der Waals surface area (Å²) >= 11 is 1.85. The molecular formula is C44H27NOS. The molecule has 10 aromatic rings. The Balaban J connectivity index is 1.44. The smallest absolute Gasteiger partial charge is 0.160 e. The molecule has 0 aliphatic heterocycles. The van der Waals surface area contributed by atoms with Crippen LogP contribution >= 0.6 is 11.3 Å². The van der Waals surface area contributed by atoms with E-state index >= 15 is 0 Å². The zero-order chi connectivity index (χ0) is 30.9. The van der Waals surface area contributed by atoms with Gasteiger partial charge >= 0.3 is 0 Å². The topological polar surface area (TPSA) is 16.4 Å². The van der Waals surface area contributed by atoms with Crippen molar-refractivity contribution in [1.29, 1.82) is 0 Å². The number of anilines is 3. The zero-order valence-corrected chi connectivity index (χ0v) is 26.2. The van der Waals surface area contributed by atoms with Crippen molar-refractivity contribution in [3.63, 3.8) is 0 Å². The van der Waals surface area contributed by atoms with Crippen molar-refractivity contribution in [1.82, 2.24) is 0 Å². The number of hydrogen-bond acceptors (Lipinski definition) is 3. The minimum Gasteiger partial charge on any atom is -0.454 e. The summed E-state index contributed by atoms with van der Waals surface area (Å²) < 4.78 is 9.45. The summed E-state index contributed by atoms with van der Waals surface area (Å²) in [5.41, 5.74) is 7.30. The molecule has 0 aliphatic rings. The lowest BCUT2D eigenvalue weighted by Crippen LogP contribution is -2.13. The number of thiophene rings is 1. The molecule has 0 saturated heterocycles. The van der Waals surface area contributed by atoms with Crippen molar-refractivity contribution >= 4 is 92.1 Å². The van der Waals surface area contributed by atoms with E-state index in [-0.39, 0.29) is 0 Å². The maximum Gasteiger partial charge on any atom is 0.160 e. The Morgan fingerprint density at radius 3 is 2.00 bits per heavy atom. The molecule has 0 fully saturated rings. The summed E-state index contributed by atoms with van der Waals surface area (Å²) in [6.45, 7) is 0. The predicted molar refractivity (Wildman–Crippen MR) is 202 cm³/mol. The standard InChI is InChI=1S/C44H27NOS/c1-2-13-28(14-3-1)31-25-26-35-34-19-8-10-22-39(34)46-44(35)43(31)45(37-21-12-24-41-42(37)36-20-9-11-23-40(36)47-41)38-27-29-15-4-5-16-30(29)32-17-6-7-18-33(32)38/h1-27H. The molecule has 10 rings (SSSR count). The molecule has 0 atom stereocenters. The van der Waals surface area contributed by atoms with Gasteiger partial charge in [-0.1, -0.05) is 127 Å². The molecule has 0 aliphatic carbocycles. The monoisotopic (exact) mass is 617 g/mol. The first-order valence-corrected chi connectivity index (χ1v) is 16.8. The van der Waals surface area contributed by atoms with Crippen LogP contribution in [-0.2, 0) is 0 Å². The predicted octanol–water partition coefficient (Wildman–Crippen LogP) is 13.4. The first-order chi connectivity index (χ1) is 23.3. The molecule has 0 spiro atoms. The summed E-state index contributed by atoms with van der Waals surface area (Å²) in [5, 5.41) is 9.59. The molecule has 2 nitrogen and oxygen atoms in total. The number of furan rings is 1. The third-order valence-corrected chi connectivity index (χ3v) is 10.6. The van der Waals surface area contributed by atoms with Crippen molar-refractivity contribution < 1.29 is 4.42 Å². The second-order valence-electron chi connectivity index (χ2n) is 12.0. The Morgan fingerprint density at radius 2 is 1.13 bits per heavy atom. The number of nitrogens with zero attached hydrogens (tertiary/aromatic N) is 1. The second-order valence-corrected chi connectivity index (χ2v) is 13.1. The minimum atomic E-state index is 0.876. The van der Waals surface area contributed by atoms with E-state index in [0.29, 0.717) is 0 Å². The van der Waals surface area contributed by atoms with Crippen LogP contribution in [0.15, 0.2) is 168 Å². The van der Waals surface area contributed by atoms with Gasteiger partial charge in [-0.05, 0) is 58.1 Å². The van der Waals surface area contributed by atoms with Crippen molar-refractivity contribution in [2.75, 3.05) is 4.90 Å². The Kier molecular flexibility index (Phi) is 5.78. The van der Waals surface area contributed by atoms with Crippen LogP contribution < -0.4 is 4.90 Å². The average Bonchev–Trinajstić information content (AvgIpc) is 3.71. The highest BCUT2D eigenvalue weighted by molar-refractivity contribution is 7.26. The van der Waals surface area contributed by atoms with Gasteiger partial charge in [-0.15, -0.1) is 11.3 Å². The molecule has 0 unspecified atom stereocenters. The lowest BCUT2D eigenvalue weighted by atomic mass is 9.96. The molecule has 0 amide bonds. The quantitative estimate of drug-likeness (QED) is 0.183. The molecule has 2 heterocycles. The van der Waals surface area contributed by atoms with Crippen LogP contribution in [0.5, 0.6) is 0 Å². The van der Waals surface area contributed by atoms with Crippen molar-refractivity contribution in [2.24, 2.45) is 0 Å². The number of rotatable bonds is 4. The van der Waals surface area contributed by atoms with Gasteiger partial charge in [0.2, 0.25) is 0 Å². The molecule has 47 heavy (non-hydrogen) atoms. The van der Waals surface area contributed by atoms with E-state index in [0.717, 1.165) is 50.1 Å². The number of hydrogen-bond donors (Lipinski definition) is 0. The first-order valence-electron chi connectivity index (χ1n) is 15.9. The summed E-state index contributed by atoms with van der Waals surface area (Å²) in [7, 11) is 0. The van der Waals surface area contributed by atoms with Gasteiger partial charge in [-0.2, -0.15) is 0 Å². The van der Waals surface area contributed by atoms with E-state index in [1.165, 1.54) is 41.7 Å². The summed E-state index contributed by atoms with van der Waals surface area (Å²) in [6, 6.07) is 59.0. The van der Waals surface area contributed by atoms with E-state index in [1.807, 2.05) is 11.3 Å². The largest absolute Gasteiger partial charge is 0.454 e. The maximum absolute atomic E-state index is 6.91. The van der Waals surface area contributed by atoms with Gasteiger partial charge in [0.15, 0.2) is 5.58 Å². The van der Waals surface area contributed by atoms with Gasteiger partial charge in [0.05, 0.1) is 17.1 Å². The van der Waals surface area contributed by atoms with E-state index in [2.05, 4.69) is 169 Å². The first kappa shape index (κ1) is 26.3. The lowest BCUT2D eigenvalue weighted by molar-refractivity contribution is 0.669. The highest BCUT2D eigenvalue weighted by Gasteiger charge is 2.27. The molecule has 2 aromatic heterocycles.